The molecule has 0 bridgehead atoms. The fraction of sp³-hybridized carbons (Fsp3) is 0.625. The quantitative estimate of drug-likeness (QED) is 0.911. The van der Waals surface area contributed by atoms with Crippen LogP contribution in [0.1, 0.15) is 39.2 Å². The monoisotopic (exact) mass is 280 g/mol. The van der Waals surface area contributed by atoms with Gasteiger partial charge in [0.15, 0.2) is 0 Å². The van der Waals surface area contributed by atoms with E-state index in [2.05, 4.69) is 24.8 Å². The third-order valence-electron chi connectivity index (χ3n) is 4.27. The van der Waals surface area contributed by atoms with Crippen molar-refractivity contribution in [2.75, 3.05) is 11.4 Å². The first-order valence-corrected chi connectivity index (χ1v) is 7.68. The van der Waals surface area contributed by atoms with Crippen LogP contribution < -0.4 is 10.6 Å². The first-order chi connectivity index (χ1) is 9.00. The Morgan fingerprint density at radius 2 is 2.16 bits per heavy atom. The molecule has 0 saturated carbocycles. The molecule has 19 heavy (non-hydrogen) atoms. The van der Waals surface area contributed by atoms with Gasteiger partial charge in [-0.2, -0.15) is 0 Å². The van der Waals surface area contributed by atoms with E-state index < -0.39 is 0 Å². The van der Waals surface area contributed by atoms with Crippen molar-refractivity contribution in [3.8, 4) is 0 Å². The topological polar surface area (TPSA) is 29.3 Å². The Morgan fingerprint density at radius 3 is 2.84 bits per heavy atom. The summed E-state index contributed by atoms with van der Waals surface area (Å²) in [4.78, 5) is 2.48. The van der Waals surface area contributed by atoms with Gasteiger partial charge in [-0.3, -0.25) is 0 Å². The minimum absolute atomic E-state index is 0.162. The predicted octanol–water partition coefficient (Wildman–Crippen LogP) is 3.85. The molecule has 106 valence electrons. The molecular formula is C16H25ClN2. The van der Waals surface area contributed by atoms with Crippen molar-refractivity contribution in [2.45, 2.75) is 52.1 Å². The number of hydrogen-bond acceptors (Lipinski definition) is 2. The highest BCUT2D eigenvalue weighted by molar-refractivity contribution is 6.33. The van der Waals surface area contributed by atoms with Gasteiger partial charge in [-0.25, -0.2) is 0 Å². The molecule has 1 aromatic rings. The van der Waals surface area contributed by atoms with Gasteiger partial charge >= 0.3 is 0 Å². The third kappa shape index (κ3) is 3.24. The summed E-state index contributed by atoms with van der Waals surface area (Å²) in [6.07, 6.45) is 3.44. The maximum Gasteiger partial charge on any atom is 0.0642 e. The molecular weight excluding hydrogens is 256 g/mol. The van der Waals surface area contributed by atoms with Gasteiger partial charge in [-0.05, 0) is 50.7 Å². The van der Waals surface area contributed by atoms with E-state index in [4.69, 9.17) is 17.3 Å². The van der Waals surface area contributed by atoms with E-state index in [1.165, 1.54) is 24.1 Å². The van der Waals surface area contributed by atoms with Crippen LogP contribution in [-0.2, 0) is 6.42 Å². The van der Waals surface area contributed by atoms with E-state index in [-0.39, 0.29) is 6.04 Å². The Hall–Kier alpha value is -0.730. The first kappa shape index (κ1) is 14.7. The second-order valence-corrected chi connectivity index (χ2v) is 6.39. The van der Waals surface area contributed by atoms with Crippen molar-refractivity contribution in [3.05, 3.63) is 28.8 Å². The minimum Gasteiger partial charge on any atom is -0.367 e. The Bertz CT molecular complexity index is 431. The molecule has 1 fully saturated rings. The molecule has 3 heteroatoms. The summed E-state index contributed by atoms with van der Waals surface area (Å²) in [7, 11) is 0. The van der Waals surface area contributed by atoms with Crippen molar-refractivity contribution >= 4 is 17.3 Å². The van der Waals surface area contributed by atoms with Gasteiger partial charge in [0, 0.05) is 18.6 Å². The highest BCUT2D eigenvalue weighted by Crippen LogP contribution is 2.36. The molecule has 0 spiro atoms. The molecule has 2 rings (SSSR count). The first-order valence-electron chi connectivity index (χ1n) is 7.30. The van der Waals surface area contributed by atoms with E-state index >= 15 is 0 Å². The number of rotatable bonds is 3. The Kier molecular flexibility index (Phi) is 4.75. The summed E-state index contributed by atoms with van der Waals surface area (Å²) in [5, 5.41) is 0.860. The van der Waals surface area contributed by atoms with Crippen LogP contribution in [-0.4, -0.2) is 18.6 Å². The van der Waals surface area contributed by atoms with E-state index in [9.17, 15) is 0 Å². The molecule has 0 aromatic heterocycles. The molecule has 1 heterocycles. The van der Waals surface area contributed by atoms with Crippen molar-refractivity contribution in [2.24, 2.45) is 11.7 Å². The Balaban J connectivity index is 2.36. The van der Waals surface area contributed by atoms with Gasteiger partial charge in [-0.1, -0.05) is 30.7 Å². The zero-order valence-electron chi connectivity index (χ0n) is 12.2. The molecule has 3 atom stereocenters. The molecule has 2 nitrogen and oxygen atoms in total. The lowest BCUT2D eigenvalue weighted by Crippen LogP contribution is -2.43. The van der Waals surface area contributed by atoms with Crippen LogP contribution >= 0.6 is 11.6 Å². The molecule has 1 aliphatic heterocycles. The van der Waals surface area contributed by atoms with Crippen LogP contribution in [0.4, 0.5) is 5.69 Å². The smallest absolute Gasteiger partial charge is 0.0642 e. The number of para-hydroxylation sites is 1. The summed E-state index contributed by atoms with van der Waals surface area (Å²) in [5.41, 5.74) is 8.46. The van der Waals surface area contributed by atoms with Gasteiger partial charge in [0.1, 0.15) is 0 Å². The Labute approximate surface area is 121 Å². The van der Waals surface area contributed by atoms with Gasteiger partial charge in [0.2, 0.25) is 0 Å². The van der Waals surface area contributed by atoms with Crippen LogP contribution in [0, 0.1) is 5.92 Å². The van der Waals surface area contributed by atoms with Crippen molar-refractivity contribution in [1.29, 1.82) is 0 Å². The van der Waals surface area contributed by atoms with Crippen molar-refractivity contribution in [1.82, 2.24) is 0 Å². The fourth-order valence-corrected chi connectivity index (χ4v) is 3.35. The van der Waals surface area contributed by atoms with Crippen LogP contribution in [0.2, 0.25) is 5.02 Å². The average molecular weight is 281 g/mol. The number of nitrogens with zero attached hydrogens (tertiary/aromatic N) is 1. The van der Waals surface area contributed by atoms with Crippen LogP contribution in [0.3, 0.4) is 0 Å². The van der Waals surface area contributed by atoms with Gasteiger partial charge < -0.3 is 10.6 Å². The summed E-state index contributed by atoms with van der Waals surface area (Å²) < 4.78 is 0. The summed E-state index contributed by atoms with van der Waals surface area (Å²) in [5.74, 6) is 0.716. The second kappa shape index (κ2) is 6.15. The predicted molar refractivity (Wildman–Crippen MR) is 84.0 cm³/mol. The maximum absolute atomic E-state index is 6.48. The number of nitrogens with two attached hydrogens (primary N) is 1. The highest BCUT2D eigenvalue weighted by Gasteiger charge is 2.27. The number of hydrogen-bond donors (Lipinski definition) is 1. The number of benzene rings is 1. The lowest BCUT2D eigenvalue weighted by atomic mass is 9.90. The molecule has 0 amide bonds. The molecule has 1 saturated heterocycles. The molecule has 1 aromatic carbocycles. The summed E-state index contributed by atoms with van der Waals surface area (Å²) in [6, 6.07) is 6.89. The van der Waals surface area contributed by atoms with E-state index in [1.807, 2.05) is 19.1 Å². The minimum atomic E-state index is 0.162. The SMILES string of the molecule is CC(N)Cc1cccc(Cl)c1N1CCCC(C)C1C. The van der Waals surface area contributed by atoms with Crippen molar-refractivity contribution < 1.29 is 0 Å². The molecule has 1 aliphatic rings. The fourth-order valence-electron chi connectivity index (χ4n) is 3.04. The summed E-state index contributed by atoms with van der Waals surface area (Å²) >= 11 is 6.48. The molecule has 0 aliphatic carbocycles. The van der Waals surface area contributed by atoms with E-state index in [0.717, 1.165) is 18.0 Å². The standard InChI is InChI=1S/C16H25ClN2/c1-11-6-5-9-19(13(11)3)16-14(10-12(2)18)7-4-8-15(16)17/h4,7-8,11-13H,5-6,9-10,18H2,1-3H3. The van der Waals surface area contributed by atoms with Gasteiger partial charge in [-0.15, -0.1) is 0 Å². The largest absolute Gasteiger partial charge is 0.367 e. The van der Waals surface area contributed by atoms with E-state index in [1.54, 1.807) is 0 Å². The second-order valence-electron chi connectivity index (χ2n) is 5.98. The number of anilines is 1. The Morgan fingerprint density at radius 1 is 1.42 bits per heavy atom. The van der Waals surface area contributed by atoms with Crippen LogP contribution in [0.25, 0.3) is 0 Å². The zero-order valence-corrected chi connectivity index (χ0v) is 13.0. The maximum atomic E-state index is 6.48. The molecule has 3 unspecified atom stereocenters. The lowest BCUT2D eigenvalue weighted by molar-refractivity contribution is 0.363. The molecule has 2 N–H and O–H groups in total. The van der Waals surface area contributed by atoms with Gasteiger partial charge in [0.25, 0.3) is 0 Å². The normalized spacial score (nSPS) is 25.4. The summed E-state index contributed by atoms with van der Waals surface area (Å²) in [6.45, 7) is 7.79. The average Bonchev–Trinajstić information content (AvgIpc) is 2.33. The highest BCUT2D eigenvalue weighted by atomic mass is 35.5. The van der Waals surface area contributed by atoms with Crippen LogP contribution in [0.5, 0.6) is 0 Å². The molecule has 0 radical (unpaired) electrons. The third-order valence-corrected chi connectivity index (χ3v) is 4.58. The van der Waals surface area contributed by atoms with E-state index in [0.29, 0.717) is 12.0 Å². The lowest BCUT2D eigenvalue weighted by Gasteiger charge is -2.41. The van der Waals surface area contributed by atoms with Crippen molar-refractivity contribution in [3.63, 3.8) is 0 Å². The van der Waals surface area contributed by atoms with Crippen LogP contribution in [0.15, 0.2) is 18.2 Å². The number of halogens is 1. The number of piperidine rings is 1. The zero-order chi connectivity index (χ0) is 14.0. The van der Waals surface area contributed by atoms with Gasteiger partial charge in [0.05, 0.1) is 10.7 Å².